The van der Waals surface area contributed by atoms with Crippen LogP contribution >= 0.6 is 0 Å². The van der Waals surface area contributed by atoms with E-state index in [0.29, 0.717) is 0 Å². The fraction of sp³-hybridized carbons (Fsp3) is 0.846. The zero-order chi connectivity index (χ0) is 13.8. The van der Waals surface area contributed by atoms with Gasteiger partial charge in [0.1, 0.15) is 6.61 Å². The molecule has 18 heavy (non-hydrogen) atoms. The van der Waals surface area contributed by atoms with E-state index in [1.807, 2.05) is 20.8 Å². The van der Waals surface area contributed by atoms with Gasteiger partial charge in [0.2, 0.25) is 11.8 Å². The normalized spacial score (nSPS) is 16.8. The van der Waals surface area contributed by atoms with E-state index in [1.54, 1.807) is 4.90 Å². The van der Waals surface area contributed by atoms with Gasteiger partial charge in [-0.3, -0.25) is 9.59 Å². The summed E-state index contributed by atoms with van der Waals surface area (Å²) in [5.41, 5.74) is 4.85. The van der Waals surface area contributed by atoms with Gasteiger partial charge in [-0.2, -0.15) is 0 Å². The minimum Gasteiger partial charge on any atom is -0.368 e. The predicted octanol–water partition coefficient (Wildman–Crippen LogP) is 1.06. The summed E-state index contributed by atoms with van der Waals surface area (Å²) in [6, 6.07) is 0.147. The van der Waals surface area contributed by atoms with Crippen molar-refractivity contribution in [2.45, 2.75) is 58.1 Å². The van der Waals surface area contributed by atoms with Crippen LogP contribution in [-0.4, -0.2) is 41.5 Å². The van der Waals surface area contributed by atoms with Crippen LogP contribution in [0.2, 0.25) is 0 Å². The van der Waals surface area contributed by atoms with Crippen LogP contribution < -0.4 is 5.73 Å². The van der Waals surface area contributed by atoms with Crippen molar-refractivity contribution in [2.24, 2.45) is 5.73 Å². The van der Waals surface area contributed by atoms with Gasteiger partial charge in [-0.25, -0.2) is 0 Å². The van der Waals surface area contributed by atoms with E-state index in [4.69, 9.17) is 10.5 Å². The van der Waals surface area contributed by atoms with Crippen LogP contribution in [0.15, 0.2) is 0 Å². The first-order chi connectivity index (χ1) is 8.29. The summed E-state index contributed by atoms with van der Waals surface area (Å²) >= 11 is 0. The zero-order valence-corrected chi connectivity index (χ0v) is 11.6. The number of carbonyl (C=O) groups is 2. The molecule has 104 valence electrons. The molecule has 0 aliphatic heterocycles. The number of primary amides is 1. The number of nitrogens with two attached hydrogens (primary N) is 1. The monoisotopic (exact) mass is 256 g/mol. The van der Waals surface area contributed by atoms with Crippen LogP contribution in [0, 0.1) is 0 Å². The molecule has 0 unspecified atom stereocenters. The van der Waals surface area contributed by atoms with Gasteiger partial charge in [0, 0.05) is 6.04 Å². The number of carbonyl (C=O) groups excluding carboxylic acids is 2. The van der Waals surface area contributed by atoms with Crippen LogP contribution in [0.25, 0.3) is 0 Å². The van der Waals surface area contributed by atoms with Crippen LogP contribution in [0.4, 0.5) is 0 Å². The Kier molecular flexibility index (Phi) is 5.14. The first-order valence-corrected chi connectivity index (χ1v) is 6.51. The van der Waals surface area contributed by atoms with E-state index in [-0.39, 0.29) is 30.7 Å². The van der Waals surface area contributed by atoms with Crippen molar-refractivity contribution in [3.63, 3.8) is 0 Å². The molecule has 1 aliphatic carbocycles. The zero-order valence-electron chi connectivity index (χ0n) is 11.6. The second-order valence-electron chi connectivity index (χ2n) is 5.83. The third-order valence-electron chi connectivity index (χ3n) is 3.04. The Morgan fingerprint density at radius 1 is 1.28 bits per heavy atom. The standard InChI is InChI=1S/C13H24N2O3/c1-13(2,3)18-9-12(17)15(8-11(14)16)10-6-4-5-7-10/h10H,4-9H2,1-3H3,(H2,14,16). The summed E-state index contributed by atoms with van der Waals surface area (Å²) in [6.45, 7) is 5.70. The number of ether oxygens (including phenoxy) is 1. The predicted molar refractivity (Wildman–Crippen MR) is 68.9 cm³/mol. The van der Waals surface area contributed by atoms with Gasteiger partial charge < -0.3 is 15.4 Å². The average molecular weight is 256 g/mol. The molecular formula is C13H24N2O3. The Labute approximate surface area is 109 Å². The fourth-order valence-corrected chi connectivity index (χ4v) is 2.17. The first kappa shape index (κ1) is 15.0. The van der Waals surface area contributed by atoms with Crippen LogP contribution in [0.3, 0.4) is 0 Å². The van der Waals surface area contributed by atoms with Gasteiger partial charge >= 0.3 is 0 Å². The van der Waals surface area contributed by atoms with Gasteiger partial charge in [-0.05, 0) is 33.6 Å². The summed E-state index contributed by atoms with van der Waals surface area (Å²) in [7, 11) is 0. The molecule has 5 nitrogen and oxygen atoms in total. The smallest absolute Gasteiger partial charge is 0.249 e. The van der Waals surface area contributed by atoms with Gasteiger partial charge in [0.15, 0.2) is 0 Å². The number of hydrogen-bond acceptors (Lipinski definition) is 3. The quantitative estimate of drug-likeness (QED) is 0.799. The molecule has 2 N–H and O–H groups in total. The van der Waals surface area contributed by atoms with E-state index >= 15 is 0 Å². The topological polar surface area (TPSA) is 72.6 Å². The lowest BCUT2D eigenvalue weighted by Crippen LogP contribution is -2.46. The molecule has 0 aromatic heterocycles. The highest BCUT2D eigenvalue weighted by atomic mass is 16.5. The highest BCUT2D eigenvalue weighted by Crippen LogP contribution is 2.23. The van der Waals surface area contributed by atoms with Gasteiger partial charge in [0.05, 0.1) is 12.1 Å². The number of nitrogens with zero attached hydrogens (tertiary/aromatic N) is 1. The Morgan fingerprint density at radius 3 is 2.28 bits per heavy atom. The van der Waals surface area contributed by atoms with E-state index in [0.717, 1.165) is 25.7 Å². The van der Waals surface area contributed by atoms with Crippen LogP contribution in [-0.2, 0) is 14.3 Å². The van der Waals surface area contributed by atoms with E-state index < -0.39 is 5.91 Å². The Balaban J connectivity index is 2.58. The lowest BCUT2D eigenvalue weighted by molar-refractivity contribution is -0.145. The molecule has 1 fully saturated rings. The summed E-state index contributed by atoms with van der Waals surface area (Å²) in [6.07, 6.45) is 4.11. The number of amides is 2. The van der Waals surface area contributed by atoms with Crippen molar-refractivity contribution in [3.8, 4) is 0 Å². The van der Waals surface area contributed by atoms with Gasteiger partial charge in [-0.15, -0.1) is 0 Å². The second-order valence-corrected chi connectivity index (χ2v) is 5.83. The third kappa shape index (κ3) is 5.04. The minimum absolute atomic E-state index is 0.00297. The van der Waals surface area contributed by atoms with Crippen LogP contribution in [0.5, 0.6) is 0 Å². The maximum Gasteiger partial charge on any atom is 0.249 e. The SMILES string of the molecule is CC(C)(C)OCC(=O)N(CC(N)=O)C1CCCC1. The molecule has 0 saturated heterocycles. The maximum absolute atomic E-state index is 12.1. The summed E-state index contributed by atoms with van der Waals surface area (Å²) in [5.74, 6) is -0.610. The van der Waals surface area contributed by atoms with Gasteiger partial charge in [0.25, 0.3) is 0 Å². The molecule has 1 saturated carbocycles. The highest BCUT2D eigenvalue weighted by molar-refractivity contribution is 5.84. The summed E-state index contributed by atoms with van der Waals surface area (Å²) < 4.78 is 5.47. The highest BCUT2D eigenvalue weighted by Gasteiger charge is 2.28. The number of hydrogen-bond donors (Lipinski definition) is 1. The fourth-order valence-electron chi connectivity index (χ4n) is 2.17. The lowest BCUT2D eigenvalue weighted by Gasteiger charge is -2.29. The first-order valence-electron chi connectivity index (χ1n) is 6.51. The van der Waals surface area contributed by atoms with Crippen molar-refractivity contribution in [2.75, 3.05) is 13.2 Å². The molecule has 5 heteroatoms. The summed E-state index contributed by atoms with van der Waals surface area (Å²) in [5, 5.41) is 0. The maximum atomic E-state index is 12.1. The third-order valence-corrected chi connectivity index (χ3v) is 3.04. The lowest BCUT2D eigenvalue weighted by atomic mass is 10.2. The van der Waals surface area contributed by atoms with Crippen molar-refractivity contribution in [1.82, 2.24) is 4.90 Å². The molecule has 0 aromatic carbocycles. The Morgan fingerprint density at radius 2 is 1.83 bits per heavy atom. The molecule has 2 amide bonds. The van der Waals surface area contributed by atoms with Gasteiger partial charge in [-0.1, -0.05) is 12.8 Å². The average Bonchev–Trinajstić information content (AvgIpc) is 2.74. The number of rotatable bonds is 5. The summed E-state index contributed by atoms with van der Waals surface area (Å²) in [4.78, 5) is 24.7. The van der Waals surface area contributed by atoms with Crippen LogP contribution in [0.1, 0.15) is 46.5 Å². The van der Waals surface area contributed by atoms with E-state index in [1.165, 1.54) is 0 Å². The van der Waals surface area contributed by atoms with E-state index in [9.17, 15) is 9.59 Å². The molecule has 1 aliphatic rings. The van der Waals surface area contributed by atoms with Crippen molar-refractivity contribution >= 4 is 11.8 Å². The molecule has 0 aromatic rings. The van der Waals surface area contributed by atoms with E-state index in [2.05, 4.69) is 0 Å². The van der Waals surface area contributed by atoms with Crippen molar-refractivity contribution in [3.05, 3.63) is 0 Å². The minimum atomic E-state index is -0.467. The molecule has 0 spiro atoms. The van der Waals surface area contributed by atoms with Crippen molar-refractivity contribution in [1.29, 1.82) is 0 Å². The molecule has 0 atom stereocenters. The van der Waals surface area contributed by atoms with Crippen molar-refractivity contribution < 1.29 is 14.3 Å². The second kappa shape index (κ2) is 6.18. The molecule has 0 radical (unpaired) electrons. The molecule has 1 rings (SSSR count). The largest absolute Gasteiger partial charge is 0.368 e. The molecule has 0 heterocycles. The molecular weight excluding hydrogens is 232 g/mol. The molecule has 0 bridgehead atoms. The Hall–Kier alpha value is -1.10. The Bertz CT molecular complexity index is 304.